The molecular formula is C38H24O2. The summed E-state index contributed by atoms with van der Waals surface area (Å²) in [5.41, 5.74) is 7.82. The highest BCUT2D eigenvalue weighted by molar-refractivity contribution is 6.10. The quantitative estimate of drug-likeness (QED) is 0.230. The molecule has 0 saturated carbocycles. The van der Waals surface area contributed by atoms with Crippen molar-refractivity contribution in [1.82, 2.24) is 0 Å². The van der Waals surface area contributed by atoms with Crippen LogP contribution in [0.5, 0.6) is 5.75 Å². The monoisotopic (exact) mass is 512 g/mol. The van der Waals surface area contributed by atoms with Gasteiger partial charge in [0.25, 0.3) is 0 Å². The van der Waals surface area contributed by atoms with Gasteiger partial charge in [0.2, 0.25) is 0 Å². The molecule has 2 nitrogen and oxygen atoms in total. The Morgan fingerprint density at radius 1 is 0.575 bits per heavy atom. The second-order valence-corrected chi connectivity index (χ2v) is 10.8. The zero-order chi connectivity index (χ0) is 26.2. The molecule has 0 fully saturated rings. The van der Waals surface area contributed by atoms with Crippen molar-refractivity contribution in [3.8, 4) is 16.9 Å². The molecular weight excluding hydrogens is 488 g/mol. The van der Waals surface area contributed by atoms with E-state index in [0.717, 1.165) is 27.7 Å². The molecule has 0 amide bonds. The van der Waals surface area contributed by atoms with Gasteiger partial charge in [-0.05, 0) is 68.1 Å². The highest BCUT2D eigenvalue weighted by Crippen LogP contribution is 2.49. The smallest absolute Gasteiger partial charge is 0.177 e. The molecule has 2 heteroatoms. The first-order valence-electron chi connectivity index (χ1n) is 13.8. The molecule has 0 N–H and O–H groups in total. The second-order valence-electron chi connectivity index (χ2n) is 10.8. The fourth-order valence-electron chi connectivity index (χ4n) is 6.69. The van der Waals surface area contributed by atoms with Crippen LogP contribution in [0.25, 0.3) is 60.2 Å². The van der Waals surface area contributed by atoms with Crippen LogP contribution in [0.4, 0.5) is 0 Å². The molecule has 0 saturated heterocycles. The summed E-state index contributed by atoms with van der Waals surface area (Å²) in [5.74, 6) is 1.02. The Labute approximate surface area is 231 Å². The summed E-state index contributed by atoms with van der Waals surface area (Å²) in [6.07, 6.45) is 6.75. The summed E-state index contributed by atoms with van der Waals surface area (Å²) < 4.78 is 13.1. The maximum atomic E-state index is 6.57. The molecule has 2 unspecified atom stereocenters. The minimum atomic E-state index is -0.0289. The van der Waals surface area contributed by atoms with E-state index in [2.05, 4.69) is 133 Å². The lowest BCUT2D eigenvalue weighted by atomic mass is 9.85. The molecule has 2 heterocycles. The highest BCUT2D eigenvalue weighted by Gasteiger charge is 2.36. The lowest BCUT2D eigenvalue weighted by molar-refractivity contribution is 0.269. The first kappa shape index (κ1) is 21.8. The van der Waals surface area contributed by atoms with Crippen molar-refractivity contribution in [2.24, 2.45) is 0 Å². The molecule has 40 heavy (non-hydrogen) atoms. The van der Waals surface area contributed by atoms with Crippen LogP contribution < -0.4 is 4.74 Å². The van der Waals surface area contributed by atoms with Gasteiger partial charge in [-0.3, -0.25) is 0 Å². The number of furan rings is 1. The Balaban J connectivity index is 1.17. The average Bonchev–Trinajstić information content (AvgIpc) is 3.58. The lowest BCUT2D eigenvalue weighted by Gasteiger charge is -2.19. The van der Waals surface area contributed by atoms with Gasteiger partial charge in [0.05, 0.1) is 0 Å². The van der Waals surface area contributed by atoms with Crippen LogP contribution in [0.2, 0.25) is 0 Å². The van der Waals surface area contributed by atoms with Gasteiger partial charge in [-0.25, -0.2) is 0 Å². The van der Waals surface area contributed by atoms with E-state index in [0.29, 0.717) is 0 Å². The third-order valence-electron chi connectivity index (χ3n) is 8.62. The Morgan fingerprint density at radius 3 is 2.12 bits per heavy atom. The summed E-state index contributed by atoms with van der Waals surface area (Å²) in [4.78, 5) is 0. The number of fused-ring (bicyclic) bond motifs is 9. The van der Waals surface area contributed by atoms with Gasteiger partial charge in [0.1, 0.15) is 11.7 Å². The molecule has 6 aromatic carbocycles. The summed E-state index contributed by atoms with van der Waals surface area (Å²) in [5, 5.41) is 7.24. The number of allylic oxidation sites excluding steroid dienone is 2. The number of benzene rings is 6. The SMILES string of the molecule is C1=CC2Oc3c(ccc4c3oc3ccc(-c5cccc6ccccc56)cc34)C2C=C1c1cccc2ccccc12. The third kappa shape index (κ3) is 3.11. The van der Waals surface area contributed by atoms with Gasteiger partial charge in [-0.1, -0.05) is 109 Å². The van der Waals surface area contributed by atoms with Crippen molar-refractivity contribution in [1.29, 1.82) is 0 Å². The van der Waals surface area contributed by atoms with Gasteiger partial charge in [-0.15, -0.1) is 0 Å². The van der Waals surface area contributed by atoms with Crippen molar-refractivity contribution >= 4 is 49.1 Å². The molecule has 9 rings (SSSR count). The Kier molecular flexibility index (Phi) is 4.48. The molecule has 188 valence electrons. The van der Waals surface area contributed by atoms with Crippen LogP contribution in [0.1, 0.15) is 17.0 Å². The maximum Gasteiger partial charge on any atom is 0.177 e. The molecule has 2 atom stereocenters. The summed E-state index contributed by atoms with van der Waals surface area (Å²) in [6, 6.07) is 41.1. The zero-order valence-electron chi connectivity index (χ0n) is 21.7. The van der Waals surface area contributed by atoms with E-state index in [1.807, 2.05) is 0 Å². The van der Waals surface area contributed by atoms with E-state index < -0.39 is 0 Å². The number of hydrogen-bond donors (Lipinski definition) is 0. The molecule has 1 aromatic heterocycles. The number of ether oxygens (including phenoxy) is 1. The lowest BCUT2D eigenvalue weighted by Crippen LogP contribution is -2.17. The van der Waals surface area contributed by atoms with Crippen LogP contribution in [0.15, 0.2) is 138 Å². The van der Waals surface area contributed by atoms with E-state index >= 15 is 0 Å². The van der Waals surface area contributed by atoms with Crippen LogP contribution >= 0.6 is 0 Å². The van der Waals surface area contributed by atoms with Gasteiger partial charge in [0, 0.05) is 22.3 Å². The highest BCUT2D eigenvalue weighted by atomic mass is 16.5. The minimum Gasteiger partial charge on any atom is -0.481 e. The molecule has 2 aliphatic rings. The minimum absolute atomic E-state index is 0.0289. The first-order chi connectivity index (χ1) is 19.8. The van der Waals surface area contributed by atoms with Crippen molar-refractivity contribution in [2.45, 2.75) is 12.0 Å². The Morgan fingerprint density at radius 2 is 1.30 bits per heavy atom. The Hall–Kier alpha value is -5.08. The van der Waals surface area contributed by atoms with E-state index in [4.69, 9.17) is 9.15 Å². The second kappa shape index (κ2) is 8.21. The molecule has 0 spiro atoms. The van der Waals surface area contributed by atoms with E-state index in [1.165, 1.54) is 49.4 Å². The molecule has 1 aliphatic heterocycles. The van der Waals surface area contributed by atoms with Crippen LogP contribution in [0.3, 0.4) is 0 Å². The van der Waals surface area contributed by atoms with E-state index in [-0.39, 0.29) is 12.0 Å². The van der Waals surface area contributed by atoms with Gasteiger partial charge >= 0.3 is 0 Å². The summed E-state index contributed by atoms with van der Waals surface area (Å²) >= 11 is 0. The molecule has 0 bridgehead atoms. The molecule has 1 aliphatic carbocycles. The van der Waals surface area contributed by atoms with Gasteiger partial charge in [0.15, 0.2) is 11.3 Å². The van der Waals surface area contributed by atoms with E-state index in [9.17, 15) is 0 Å². The fourth-order valence-corrected chi connectivity index (χ4v) is 6.69. The first-order valence-corrected chi connectivity index (χ1v) is 13.8. The largest absolute Gasteiger partial charge is 0.481 e. The number of rotatable bonds is 2. The normalized spacial score (nSPS) is 17.8. The Bertz CT molecular complexity index is 2200. The third-order valence-corrected chi connectivity index (χ3v) is 8.62. The summed E-state index contributed by atoms with van der Waals surface area (Å²) in [6.45, 7) is 0. The fraction of sp³-hybridized carbons (Fsp3) is 0.0526. The zero-order valence-corrected chi connectivity index (χ0v) is 21.7. The van der Waals surface area contributed by atoms with Crippen LogP contribution in [-0.2, 0) is 0 Å². The predicted octanol–water partition coefficient (Wildman–Crippen LogP) is 10.1. The van der Waals surface area contributed by atoms with Crippen molar-refractivity contribution in [3.05, 3.63) is 145 Å². The predicted molar refractivity (Wildman–Crippen MR) is 165 cm³/mol. The van der Waals surface area contributed by atoms with E-state index in [1.54, 1.807) is 0 Å². The van der Waals surface area contributed by atoms with Crippen molar-refractivity contribution in [3.63, 3.8) is 0 Å². The summed E-state index contributed by atoms with van der Waals surface area (Å²) in [7, 11) is 0. The molecule has 7 aromatic rings. The van der Waals surface area contributed by atoms with Crippen molar-refractivity contribution < 1.29 is 9.15 Å². The average molecular weight is 513 g/mol. The molecule has 0 radical (unpaired) electrons. The van der Waals surface area contributed by atoms with Crippen LogP contribution in [0, 0.1) is 0 Å². The number of hydrogen-bond acceptors (Lipinski definition) is 2. The van der Waals surface area contributed by atoms with Crippen molar-refractivity contribution in [2.75, 3.05) is 0 Å². The standard InChI is InChI=1S/C38H24O2/c1-3-11-27-23(7-1)9-5-13-29(27)25-15-19-35-33(21-25)31-17-18-32-34-22-26(16-20-36(34)40-38(32)37(31)39-35)30-14-6-10-24-8-2-4-12-28(24)30/h1-22,33,35H. The van der Waals surface area contributed by atoms with Gasteiger partial charge in [-0.2, -0.15) is 0 Å². The maximum absolute atomic E-state index is 6.57. The van der Waals surface area contributed by atoms with Crippen LogP contribution in [-0.4, -0.2) is 6.10 Å². The van der Waals surface area contributed by atoms with Gasteiger partial charge < -0.3 is 9.15 Å². The topological polar surface area (TPSA) is 22.4 Å².